The Balaban J connectivity index is 2.33. The summed E-state index contributed by atoms with van der Waals surface area (Å²) in [6.07, 6.45) is -0.0225. The molecule has 4 heteroatoms. The van der Waals surface area contributed by atoms with E-state index in [-0.39, 0.29) is 12.0 Å². The van der Waals surface area contributed by atoms with Crippen LogP contribution in [0.3, 0.4) is 0 Å². The van der Waals surface area contributed by atoms with Gasteiger partial charge in [0.1, 0.15) is 17.1 Å². The zero-order valence-electron chi connectivity index (χ0n) is 13.8. The monoisotopic (exact) mass is 376 g/mol. The fraction of sp³-hybridized carbons (Fsp3) is 0.316. The van der Waals surface area contributed by atoms with Crippen LogP contribution >= 0.6 is 15.9 Å². The molecule has 0 aliphatic rings. The molecule has 3 nitrogen and oxygen atoms in total. The summed E-state index contributed by atoms with van der Waals surface area (Å²) in [5, 5.41) is 0. The molecule has 0 N–H and O–H groups in total. The molecule has 0 radical (unpaired) electrons. The molecule has 2 rings (SSSR count). The predicted molar refractivity (Wildman–Crippen MR) is 95.4 cm³/mol. The van der Waals surface area contributed by atoms with E-state index in [1.54, 1.807) is 12.1 Å². The van der Waals surface area contributed by atoms with Crippen molar-refractivity contribution in [3.8, 4) is 11.5 Å². The number of hydrogen-bond donors (Lipinski definition) is 0. The Morgan fingerprint density at radius 1 is 1.00 bits per heavy atom. The summed E-state index contributed by atoms with van der Waals surface area (Å²) in [5.41, 5.74) is 1.41. The molecule has 23 heavy (non-hydrogen) atoms. The topological polar surface area (TPSA) is 35.5 Å². The Bertz CT molecular complexity index is 693. The number of rotatable bonds is 5. The van der Waals surface area contributed by atoms with Crippen LogP contribution < -0.4 is 9.47 Å². The third-order valence-corrected chi connectivity index (χ3v) is 3.76. The van der Waals surface area contributed by atoms with Gasteiger partial charge < -0.3 is 9.47 Å². The van der Waals surface area contributed by atoms with E-state index in [0.29, 0.717) is 17.1 Å². The van der Waals surface area contributed by atoms with Gasteiger partial charge in [-0.3, -0.25) is 0 Å². The van der Waals surface area contributed by atoms with Crippen molar-refractivity contribution in [2.45, 2.75) is 39.7 Å². The summed E-state index contributed by atoms with van der Waals surface area (Å²) >= 11 is 3.39. The molecule has 0 atom stereocenters. The van der Waals surface area contributed by atoms with Gasteiger partial charge in [0.2, 0.25) is 0 Å². The van der Waals surface area contributed by atoms with Crippen molar-refractivity contribution >= 4 is 21.9 Å². The second-order valence-corrected chi connectivity index (χ2v) is 6.80. The second-order valence-electron chi connectivity index (χ2n) is 5.89. The Morgan fingerprint density at radius 2 is 1.70 bits per heavy atom. The van der Waals surface area contributed by atoms with Gasteiger partial charge in [-0.1, -0.05) is 48.0 Å². The van der Waals surface area contributed by atoms with Crippen LogP contribution in [-0.4, -0.2) is 12.1 Å². The van der Waals surface area contributed by atoms with Gasteiger partial charge in [0.15, 0.2) is 0 Å². The van der Waals surface area contributed by atoms with Crippen molar-refractivity contribution in [2.24, 2.45) is 0 Å². The molecule has 0 aromatic heterocycles. The lowest BCUT2D eigenvalue weighted by molar-refractivity contribution is 0.0726. The van der Waals surface area contributed by atoms with E-state index in [2.05, 4.69) is 29.8 Å². The number of halogens is 1. The first kappa shape index (κ1) is 17.5. The van der Waals surface area contributed by atoms with Gasteiger partial charge in [-0.15, -0.1) is 0 Å². The van der Waals surface area contributed by atoms with E-state index in [4.69, 9.17) is 9.47 Å². The highest BCUT2D eigenvalue weighted by atomic mass is 79.9. The third kappa shape index (κ3) is 4.58. The fourth-order valence-corrected chi connectivity index (χ4v) is 2.58. The summed E-state index contributed by atoms with van der Waals surface area (Å²) in [5.74, 6) is 0.959. The number of esters is 1. The Hall–Kier alpha value is -1.81. The van der Waals surface area contributed by atoms with Crippen LogP contribution in [0.1, 0.15) is 49.5 Å². The van der Waals surface area contributed by atoms with E-state index >= 15 is 0 Å². The first-order valence-corrected chi connectivity index (χ1v) is 8.45. The van der Waals surface area contributed by atoms with Gasteiger partial charge in [0.05, 0.1) is 6.10 Å². The SMILES string of the molecule is CC(C)Oc1ccc(Br)cc1C(=O)Oc1ccccc1C(C)C. The number of benzene rings is 2. The molecular weight excluding hydrogens is 356 g/mol. The normalized spacial score (nSPS) is 10.9. The lowest BCUT2D eigenvalue weighted by Gasteiger charge is -2.16. The first-order chi connectivity index (χ1) is 10.9. The fourth-order valence-electron chi connectivity index (χ4n) is 2.22. The minimum atomic E-state index is -0.421. The molecule has 2 aromatic carbocycles. The lowest BCUT2D eigenvalue weighted by Crippen LogP contribution is -2.14. The van der Waals surface area contributed by atoms with E-state index < -0.39 is 5.97 Å². The van der Waals surface area contributed by atoms with Gasteiger partial charge in [-0.25, -0.2) is 4.79 Å². The minimum absolute atomic E-state index is 0.0225. The highest BCUT2D eigenvalue weighted by Gasteiger charge is 2.18. The van der Waals surface area contributed by atoms with E-state index in [1.165, 1.54) is 0 Å². The van der Waals surface area contributed by atoms with E-state index in [9.17, 15) is 4.79 Å². The maximum atomic E-state index is 12.6. The van der Waals surface area contributed by atoms with Gasteiger partial charge in [-0.05, 0) is 49.6 Å². The Labute approximate surface area is 145 Å². The van der Waals surface area contributed by atoms with Crippen LogP contribution in [-0.2, 0) is 0 Å². The molecule has 0 amide bonds. The standard InChI is InChI=1S/C19H21BrO3/c1-12(2)15-7-5-6-8-17(15)23-19(21)16-11-14(20)9-10-18(16)22-13(3)4/h5-13H,1-4H3. The molecule has 0 unspecified atom stereocenters. The predicted octanol–water partition coefficient (Wildman–Crippen LogP) is 5.58. The quantitative estimate of drug-likeness (QED) is 0.504. The Kier molecular flexibility index (Phi) is 5.83. The van der Waals surface area contributed by atoms with Gasteiger partial charge in [0.25, 0.3) is 0 Å². The first-order valence-electron chi connectivity index (χ1n) is 7.65. The maximum absolute atomic E-state index is 12.6. The van der Waals surface area contributed by atoms with Crippen molar-refractivity contribution in [3.05, 3.63) is 58.1 Å². The zero-order chi connectivity index (χ0) is 17.0. The molecule has 0 bridgehead atoms. The summed E-state index contributed by atoms with van der Waals surface area (Å²) in [4.78, 5) is 12.6. The minimum Gasteiger partial charge on any atom is -0.490 e. The molecule has 2 aromatic rings. The number of carbonyl (C=O) groups is 1. The van der Waals surface area contributed by atoms with Crippen LogP contribution in [0.25, 0.3) is 0 Å². The molecule has 122 valence electrons. The van der Waals surface area contributed by atoms with Crippen LogP contribution in [0.4, 0.5) is 0 Å². The van der Waals surface area contributed by atoms with Crippen LogP contribution in [0.15, 0.2) is 46.9 Å². The largest absolute Gasteiger partial charge is 0.490 e. The van der Waals surface area contributed by atoms with Gasteiger partial charge in [0, 0.05) is 4.47 Å². The number of carbonyl (C=O) groups excluding carboxylic acids is 1. The molecule has 0 aliphatic carbocycles. The average Bonchev–Trinajstić information content (AvgIpc) is 2.49. The van der Waals surface area contributed by atoms with Crippen molar-refractivity contribution < 1.29 is 14.3 Å². The second kappa shape index (κ2) is 7.64. The third-order valence-electron chi connectivity index (χ3n) is 3.27. The summed E-state index contributed by atoms with van der Waals surface area (Å²) < 4.78 is 12.1. The highest BCUT2D eigenvalue weighted by Crippen LogP contribution is 2.29. The van der Waals surface area contributed by atoms with Crippen LogP contribution in [0.2, 0.25) is 0 Å². The molecule has 0 heterocycles. The molecule has 0 spiro atoms. The van der Waals surface area contributed by atoms with Gasteiger partial charge in [-0.2, -0.15) is 0 Å². The number of ether oxygens (including phenoxy) is 2. The molecule has 0 fully saturated rings. The average molecular weight is 377 g/mol. The van der Waals surface area contributed by atoms with Crippen LogP contribution in [0.5, 0.6) is 11.5 Å². The van der Waals surface area contributed by atoms with Crippen molar-refractivity contribution in [3.63, 3.8) is 0 Å². The smallest absolute Gasteiger partial charge is 0.347 e. The molecule has 0 saturated heterocycles. The van der Waals surface area contributed by atoms with E-state index in [1.807, 2.05) is 44.2 Å². The summed E-state index contributed by atoms with van der Waals surface area (Å²) in [7, 11) is 0. The van der Waals surface area contributed by atoms with Crippen molar-refractivity contribution in [1.82, 2.24) is 0 Å². The van der Waals surface area contributed by atoms with Crippen molar-refractivity contribution in [2.75, 3.05) is 0 Å². The number of hydrogen-bond acceptors (Lipinski definition) is 3. The Morgan fingerprint density at radius 3 is 2.35 bits per heavy atom. The van der Waals surface area contributed by atoms with E-state index in [0.717, 1.165) is 10.0 Å². The molecule has 0 aliphatic heterocycles. The molecular formula is C19H21BrO3. The summed E-state index contributed by atoms with van der Waals surface area (Å²) in [6.45, 7) is 7.98. The molecule has 0 saturated carbocycles. The summed E-state index contributed by atoms with van der Waals surface area (Å²) in [6, 6.07) is 12.9. The zero-order valence-corrected chi connectivity index (χ0v) is 15.4. The van der Waals surface area contributed by atoms with Gasteiger partial charge >= 0.3 is 5.97 Å². The maximum Gasteiger partial charge on any atom is 0.347 e. The van der Waals surface area contributed by atoms with Crippen molar-refractivity contribution in [1.29, 1.82) is 0 Å². The lowest BCUT2D eigenvalue weighted by atomic mass is 10.0. The highest BCUT2D eigenvalue weighted by molar-refractivity contribution is 9.10. The number of para-hydroxylation sites is 1. The van der Waals surface area contributed by atoms with Crippen LogP contribution in [0, 0.1) is 0 Å².